The van der Waals surface area contributed by atoms with Crippen LogP contribution in [0.5, 0.6) is 0 Å². The summed E-state index contributed by atoms with van der Waals surface area (Å²) in [5.41, 5.74) is 5.08. The van der Waals surface area contributed by atoms with E-state index in [4.69, 9.17) is 4.74 Å². The van der Waals surface area contributed by atoms with Gasteiger partial charge in [0.05, 0.1) is 18.2 Å². The highest BCUT2D eigenvalue weighted by molar-refractivity contribution is 7.09. The molecule has 0 amide bonds. The Kier molecular flexibility index (Phi) is 3.64. The molecule has 1 aliphatic rings. The summed E-state index contributed by atoms with van der Waals surface area (Å²) in [4.78, 5) is 4.55. The first kappa shape index (κ1) is 12.8. The predicted octanol–water partition coefficient (Wildman–Crippen LogP) is 2.98. The quantitative estimate of drug-likeness (QED) is 0.930. The number of rotatable bonds is 4. The molecule has 1 aliphatic heterocycles. The summed E-state index contributed by atoms with van der Waals surface area (Å²) in [5, 5.41) is 6.69. The first-order valence-corrected chi connectivity index (χ1v) is 7.42. The standard InChI is InChI=1S/C15H18N2OS/c1-10-9-19-15(17-10)6-14(16-2)11-3-4-12-7-18-8-13(12)5-11/h3-5,9,14,16H,6-8H2,1-2H3. The second kappa shape index (κ2) is 5.41. The molecule has 2 aromatic rings. The molecule has 0 spiro atoms. The molecular formula is C15H18N2OS. The SMILES string of the molecule is CNC(Cc1nc(C)cs1)c1ccc2c(c1)COC2. The minimum atomic E-state index is 0.316. The predicted molar refractivity (Wildman–Crippen MR) is 77.3 cm³/mol. The topological polar surface area (TPSA) is 34.2 Å². The number of nitrogens with zero attached hydrogens (tertiary/aromatic N) is 1. The minimum absolute atomic E-state index is 0.316. The van der Waals surface area contributed by atoms with Crippen molar-refractivity contribution in [2.24, 2.45) is 0 Å². The van der Waals surface area contributed by atoms with Crippen molar-refractivity contribution in [2.45, 2.75) is 32.6 Å². The number of likely N-dealkylation sites (N-methyl/N-ethyl adjacent to an activating group) is 1. The van der Waals surface area contributed by atoms with E-state index in [1.54, 1.807) is 11.3 Å². The molecule has 0 radical (unpaired) electrons. The van der Waals surface area contributed by atoms with Crippen LogP contribution in [0, 0.1) is 6.92 Å². The van der Waals surface area contributed by atoms with E-state index >= 15 is 0 Å². The number of thiazole rings is 1. The molecule has 1 atom stereocenters. The number of fused-ring (bicyclic) bond motifs is 1. The van der Waals surface area contributed by atoms with Gasteiger partial charge in [0.15, 0.2) is 0 Å². The summed E-state index contributed by atoms with van der Waals surface area (Å²) < 4.78 is 5.47. The molecule has 4 heteroatoms. The Bertz CT molecular complexity index is 579. The van der Waals surface area contributed by atoms with Crippen LogP contribution in [0.15, 0.2) is 23.6 Å². The molecule has 0 saturated heterocycles. The lowest BCUT2D eigenvalue weighted by Gasteiger charge is -2.16. The molecule has 0 bridgehead atoms. The van der Waals surface area contributed by atoms with Crippen molar-refractivity contribution in [3.63, 3.8) is 0 Å². The Hall–Kier alpha value is -1.23. The lowest BCUT2D eigenvalue weighted by molar-refractivity contribution is 0.134. The van der Waals surface area contributed by atoms with Gasteiger partial charge in [-0.3, -0.25) is 0 Å². The van der Waals surface area contributed by atoms with Gasteiger partial charge in [0.1, 0.15) is 0 Å². The molecule has 0 fully saturated rings. The Morgan fingerprint density at radius 1 is 1.37 bits per heavy atom. The highest BCUT2D eigenvalue weighted by Gasteiger charge is 2.16. The van der Waals surface area contributed by atoms with Crippen LogP contribution < -0.4 is 5.32 Å². The highest BCUT2D eigenvalue weighted by atomic mass is 32.1. The number of aromatic nitrogens is 1. The normalized spacial score (nSPS) is 15.5. The lowest BCUT2D eigenvalue weighted by atomic mass is 9.99. The third-order valence-electron chi connectivity index (χ3n) is 3.54. The monoisotopic (exact) mass is 274 g/mol. The van der Waals surface area contributed by atoms with Crippen LogP contribution in [-0.4, -0.2) is 12.0 Å². The molecule has 2 heterocycles. The van der Waals surface area contributed by atoms with E-state index in [2.05, 4.69) is 33.9 Å². The molecule has 3 nitrogen and oxygen atoms in total. The number of ether oxygens (including phenoxy) is 1. The third-order valence-corrected chi connectivity index (χ3v) is 4.53. The first-order valence-electron chi connectivity index (χ1n) is 6.54. The van der Waals surface area contributed by atoms with Gasteiger partial charge in [-0.2, -0.15) is 0 Å². The molecule has 0 aliphatic carbocycles. The average molecular weight is 274 g/mol. The maximum Gasteiger partial charge on any atom is 0.0947 e. The van der Waals surface area contributed by atoms with E-state index in [-0.39, 0.29) is 0 Å². The first-order chi connectivity index (χ1) is 9.26. The summed E-state index contributed by atoms with van der Waals surface area (Å²) in [7, 11) is 2.01. The van der Waals surface area contributed by atoms with Crippen LogP contribution in [0.4, 0.5) is 0 Å². The van der Waals surface area contributed by atoms with Crippen LogP contribution in [-0.2, 0) is 24.4 Å². The molecule has 1 unspecified atom stereocenters. The number of nitrogens with one attached hydrogen (secondary N) is 1. The van der Waals surface area contributed by atoms with E-state index in [9.17, 15) is 0 Å². The Labute approximate surface area is 117 Å². The van der Waals surface area contributed by atoms with E-state index in [0.29, 0.717) is 6.04 Å². The van der Waals surface area contributed by atoms with Gasteiger partial charge in [0, 0.05) is 23.5 Å². The van der Waals surface area contributed by atoms with E-state index < -0.39 is 0 Å². The zero-order valence-corrected chi connectivity index (χ0v) is 12.1. The molecular weight excluding hydrogens is 256 g/mol. The Balaban J connectivity index is 1.82. The van der Waals surface area contributed by atoms with Gasteiger partial charge in [0.2, 0.25) is 0 Å². The van der Waals surface area contributed by atoms with Gasteiger partial charge in [0.25, 0.3) is 0 Å². The molecule has 0 saturated carbocycles. The van der Waals surface area contributed by atoms with Crippen molar-refractivity contribution in [1.82, 2.24) is 10.3 Å². The molecule has 1 aromatic heterocycles. The zero-order chi connectivity index (χ0) is 13.2. The highest BCUT2D eigenvalue weighted by Crippen LogP contribution is 2.26. The van der Waals surface area contributed by atoms with Crippen molar-refractivity contribution < 1.29 is 4.74 Å². The molecule has 1 aromatic carbocycles. The second-order valence-electron chi connectivity index (χ2n) is 4.95. The average Bonchev–Trinajstić information content (AvgIpc) is 3.03. The van der Waals surface area contributed by atoms with Gasteiger partial charge in [-0.25, -0.2) is 4.98 Å². The third kappa shape index (κ3) is 2.71. The Morgan fingerprint density at radius 2 is 2.21 bits per heavy atom. The van der Waals surface area contributed by atoms with Gasteiger partial charge in [-0.05, 0) is 30.7 Å². The van der Waals surface area contributed by atoms with Crippen LogP contribution in [0.25, 0.3) is 0 Å². The van der Waals surface area contributed by atoms with Gasteiger partial charge in [-0.15, -0.1) is 11.3 Å². The second-order valence-corrected chi connectivity index (χ2v) is 5.89. The number of hydrogen-bond acceptors (Lipinski definition) is 4. The van der Waals surface area contributed by atoms with E-state index in [1.165, 1.54) is 21.7 Å². The lowest BCUT2D eigenvalue weighted by Crippen LogP contribution is -2.19. The van der Waals surface area contributed by atoms with Crippen LogP contribution in [0.1, 0.15) is 33.4 Å². The summed E-state index contributed by atoms with van der Waals surface area (Å²) in [6.07, 6.45) is 0.939. The van der Waals surface area contributed by atoms with E-state index in [1.807, 2.05) is 14.0 Å². The molecule has 100 valence electrons. The molecule has 19 heavy (non-hydrogen) atoms. The van der Waals surface area contributed by atoms with E-state index in [0.717, 1.165) is 25.3 Å². The van der Waals surface area contributed by atoms with Crippen LogP contribution in [0.2, 0.25) is 0 Å². The fourth-order valence-electron chi connectivity index (χ4n) is 2.47. The molecule has 3 rings (SSSR count). The van der Waals surface area contributed by atoms with Crippen molar-refractivity contribution in [3.8, 4) is 0 Å². The zero-order valence-electron chi connectivity index (χ0n) is 11.3. The van der Waals surface area contributed by atoms with Crippen molar-refractivity contribution >= 4 is 11.3 Å². The maximum absolute atomic E-state index is 5.47. The van der Waals surface area contributed by atoms with Gasteiger partial charge < -0.3 is 10.1 Å². The van der Waals surface area contributed by atoms with Crippen LogP contribution >= 0.6 is 11.3 Å². The fraction of sp³-hybridized carbons (Fsp3) is 0.400. The summed E-state index contributed by atoms with van der Waals surface area (Å²) in [6.45, 7) is 3.54. The van der Waals surface area contributed by atoms with Crippen molar-refractivity contribution in [1.29, 1.82) is 0 Å². The maximum atomic E-state index is 5.47. The van der Waals surface area contributed by atoms with Crippen molar-refractivity contribution in [3.05, 3.63) is 51.0 Å². The minimum Gasteiger partial charge on any atom is -0.372 e. The summed E-state index contributed by atoms with van der Waals surface area (Å²) in [6, 6.07) is 6.98. The summed E-state index contributed by atoms with van der Waals surface area (Å²) in [5.74, 6) is 0. The number of hydrogen-bond donors (Lipinski definition) is 1. The van der Waals surface area contributed by atoms with Gasteiger partial charge >= 0.3 is 0 Å². The van der Waals surface area contributed by atoms with Gasteiger partial charge in [-0.1, -0.05) is 18.2 Å². The Morgan fingerprint density at radius 3 is 2.95 bits per heavy atom. The van der Waals surface area contributed by atoms with Crippen LogP contribution in [0.3, 0.4) is 0 Å². The summed E-state index contributed by atoms with van der Waals surface area (Å²) >= 11 is 1.74. The molecule has 1 N–H and O–H groups in total. The van der Waals surface area contributed by atoms with Crippen molar-refractivity contribution in [2.75, 3.05) is 7.05 Å². The fourth-order valence-corrected chi connectivity index (χ4v) is 3.29. The largest absolute Gasteiger partial charge is 0.372 e. The number of benzene rings is 1. The number of aryl methyl sites for hydroxylation is 1. The smallest absolute Gasteiger partial charge is 0.0947 e.